The van der Waals surface area contributed by atoms with E-state index in [1.54, 1.807) is 0 Å². The maximum atomic E-state index is 12.2. The summed E-state index contributed by atoms with van der Waals surface area (Å²) in [5.74, 6) is 0.242. The van der Waals surface area contributed by atoms with Crippen LogP contribution in [0.25, 0.3) is 0 Å². The van der Waals surface area contributed by atoms with E-state index in [1.807, 2.05) is 11.9 Å². The van der Waals surface area contributed by atoms with Gasteiger partial charge >= 0.3 is 0 Å². The lowest BCUT2D eigenvalue weighted by atomic mass is 10.1. The largest absolute Gasteiger partial charge is 0.365 e. The maximum Gasteiger partial charge on any atom is 0.242 e. The van der Waals surface area contributed by atoms with E-state index in [2.05, 4.69) is 42.3 Å². The van der Waals surface area contributed by atoms with E-state index in [1.165, 1.54) is 11.1 Å². The molecule has 1 aromatic rings. The minimum absolute atomic E-state index is 0.242. The summed E-state index contributed by atoms with van der Waals surface area (Å²) in [4.78, 5) is 16.3. The van der Waals surface area contributed by atoms with Crippen molar-refractivity contribution in [3.8, 4) is 0 Å². The fourth-order valence-corrected chi connectivity index (χ4v) is 2.88. The topological polar surface area (TPSA) is 35.6 Å². The first-order valence-corrected chi connectivity index (χ1v) is 7.91. The van der Waals surface area contributed by atoms with E-state index in [4.69, 9.17) is 0 Å². The zero-order valence-corrected chi connectivity index (χ0v) is 13.5. The molecule has 0 aromatic heterocycles. The smallest absolute Gasteiger partial charge is 0.242 e. The molecule has 4 heteroatoms. The van der Waals surface area contributed by atoms with Gasteiger partial charge in [0.15, 0.2) is 0 Å². The molecule has 1 aliphatic heterocycles. The third-order valence-corrected chi connectivity index (χ3v) is 4.08. The highest BCUT2D eigenvalue weighted by atomic mass is 16.2. The maximum absolute atomic E-state index is 12.2. The van der Waals surface area contributed by atoms with Gasteiger partial charge in [0.2, 0.25) is 5.91 Å². The van der Waals surface area contributed by atoms with Gasteiger partial charge in [-0.1, -0.05) is 19.1 Å². The first kappa shape index (κ1) is 15.8. The van der Waals surface area contributed by atoms with Crippen molar-refractivity contribution in [2.75, 3.05) is 38.1 Å². The van der Waals surface area contributed by atoms with Crippen LogP contribution in [0.4, 0.5) is 5.69 Å². The molecule has 1 heterocycles. The molecule has 1 saturated heterocycles. The molecule has 0 unspecified atom stereocenters. The predicted octanol–water partition coefficient (Wildman–Crippen LogP) is 2.16. The summed E-state index contributed by atoms with van der Waals surface area (Å²) >= 11 is 0. The molecule has 1 aromatic carbocycles. The van der Waals surface area contributed by atoms with Crippen LogP contribution in [0.3, 0.4) is 0 Å². The lowest BCUT2D eigenvalue weighted by Crippen LogP contribution is -2.37. The highest BCUT2D eigenvalue weighted by Gasteiger charge is 2.19. The number of likely N-dealkylation sites (tertiary alicyclic amines) is 1. The van der Waals surface area contributed by atoms with Crippen molar-refractivity contribution >= 4 is 11.6 Å². The zero-order chi connectivity index (χ0) is 15.2. The van der Waals surface area contributed by atoms with Gasteiger partial charge in [-0.25, -0.2) is 0 Å². The zero-order valence-electron chi connectivity index (χ0n) is 13.5. The van der Waals surface area contributed by atoms with Crippen LogP contribution in [0.15, 0.2) is 18.2 Å². The van der Waals surface area contributed by atoms with E-state index >= 15 is 0 Å². The minimum atomic E-state index is 0.242. The van der Waals surface area contributed by atoms with Crippen molar-refractivity contribution in [3.05, 3.63) is 29.3 Å². The summed E-state index contributed by atoms with van der Waals surface area (Å²) in [7, 11) is 2.00. The molecule has 0 aliphatic carbocycles. The fourth-order valence-electron chi connectivity index (χ4n) is 2.88. The molecule has 0 bridgehead atoms. The van der Waals surface area contributed by atoms with Gasteiger partial charge in [0.05, 0.1) is 6.54 Å². The Balaban J connectivity index is 1.98. The molecule has 0 saturated carbocycles. The standard InChI is InChI=1S/C17H27N3O/c1-4-18-12-15-7-8-16(14(2)11-15)19(3)13-17(21)20-9-5-6-10-20/h7-8,11,18H,4-6,9-10,12-13H2,1-3H3. The Morgan fingerprint density at radius 3 is 2.67 bits per heavy atom. The number of amides is 1. The first-order valence-electron chi connectivity index (χ1n) is 7.91. The van der Waals surface area contributed by atoms with Gasteiger partial charge < -0.3 is 15.1 Å². The fraction of sp³-hybridized carbons (Fsp3) is 0.588. The Hall–Kier alpha value is -1.55. The average Bonchev–Trinajstić information content (AvgIpc) is 2.99. The van der Waals surface area contributed by atoms with Crippen LogP contribution in [-0.2, 0) is 11.3 Å². The van der Waals surface area contributed by atoms with Crippen LogP contribution in [0.2, 0.25) is 0 Å². The molecule has 21 heavy (non-hydrogen) atoms. The molecule has 2 rings (SSSR count). The summed E-state index contributed by atoms with van der Waals surface area (Å²) in [6.07, 6.45) is 2.29. The highest BCUT2D eigenvalue weighted by molar-refractivity contribution is 5.81. The summed E-state index contributed by atoms with van der Waals surface area (Å²) in [6.45, 7) is 8.41. The van der Waals surface area contributed by atoms with E-state index in [9.17, 15) is 4.79 Å². The molecule has 0 radical (unpaired) electrons. The number of benzene rings is 1. The summed E-state index contributed by atoms with van der Waals surface area (Å²) in [6, 6.07) is 6.47. The van der Waals surface area contributed by atoms with Gasteiger partial charge in [-0.15, -0.1) is 0 Å². The van der Waals surface area contributed by atoms with Gasteiger partial charge in [0, 0.05) is 32.4 Å². The Morgan fingerprint density at radius 2 is 2.05 bits per heavy atom. The first-order chi connectivity index (χ1) is 10.1. The van der Waals surface area contributed by atoms with Gasteiger partial charge in [-0.05, 0) is 43.5 Å². The Labute approximate surface area is 128 Å². The SMILES string of the molecule is CCNCc1ccc(N(C)CC(=O)N2CCCC2)c(C)c1. The average molecular weight is 289 g/mol. The van der Waals surface area contributed by atoms with Crippen LogP contribution in [0, 0.1) is 6.92 Å². The van der Waals surface area contributed by atoms with Crippen molar-refractivity contribution in [3.63, 3.8) is 0 Å². The lowest BCUT2D eigenvalue weighted by molar-refractivity contribution is -0.128. The second kappa shape index (κ2) is 7.46. The van der Waals surface area contributed by atoms with E-state index in [0.29, 0.717) is 6.54 Å². The molecule has 0 spiro atoms. The van der Waals surface area contributed by atoms with Crippen molar-refractivity contribution in [2.24, 2.45) is 0 Å². The summed E-state index contributed by atoms with van der Waals surface area (Å²) in [5.41, 5.74) is 3.65. The van der Waals surface area contributed by atoms with Gasteiger partial charge in [0.1, 0.15) is 0 Å². The Bertz CT molecular complexity index is 481. The van der Waals surface area contributed by atoms with Crippen molar-refractivity contribution in [1.82, 2.24) is 10.2 Å². The number of hydrogen-bond donors (Lipinski definition) is 1. The molecule has 0 atom stereocenters. The molecule has 1 aliphatic rings. The van der Waals surface area contributed by atoms with E-state index in [0.717, 1.165) is 44.7 Å². The Kier molecular flexibility index (Phi) is 5.62. The quantitative estimate of drug-likeness (QED) is 0.872. The number of carbonyl (C=O) groups excluding carboxylic acids is 1. The molecular formula is C17H27N3O. The van der Waals surface area contributed by atoms with Gasteiger partial charge in [-0.3, -0.25) is 4.79 Å². The number of carbonyl (C=O) groups is 1. The second-order valence-electron chi connectivity index (χ2n) is 5.85. The number of nitrogens with one attached hydrogen (secondary N) is 1. The van der Waals surface area contributed by atoms with E-state index < -0.39 is 0 Å². The number of nitrogens with zero attached hydrogens (tertiary/aromatic N) is 2. The number of anilines is 1. The lowest BCUT2D eigenvalue weighted by Gasteiger charge is -2.24. The van der Waals surface area contributed by atoms with Crippen LogP contribution < -0.4 is 10.2 Å². The van der Waals surface area contributed by atoms with Crippen molar-refractivity contribution in [2.45, 2.75) is 33.2 Å². The van der Waals surface area contributed by atoms with E-state index in [-0.39, 0.29) is 5.91 Å². The molecule has 1 amide bonds. The third kappa shape index (κ3) is 4.21. The highest BCUT2D eigenvalue weighted by Crippen LogP contribution is 2.20. The van der Waals surface area contributed by atoms with Crippen molar-refractivity contribution in [1.29, 1.82) is 0 Å². The van der Waals surface area contributed by atoms with Crippen LogP contribution >= 0.6 is 0 Å². The third-order valence-electron chi connectivity index (χ3n) is 4.08. The number of aryl methyl sites for hydroxylation is 1. The van der Waals surface area contributed by atoms with Crippen LogP contribution in [-0.4, -0.2) is 44.0 Å². The number of rotatable bonds is 6. The van der Waals surface area contributed by atoms with Gasteiger partial charge in [0.25, 0.3) is 0 Å². The van der Waals surface area contributed by atoms with Crippen molar-refractivity contribution < 1.29 is 4.79 Å². The van der Waals surface area contributed by atoms with Crippen LogP contribution in [0.1, 0.15) is 30.9 Å². The molecule has 1 fully saturated rings. The molecule has 1 N–H and O–H groups in total. The number of likely N-dealkylation sites (N-methyl/N-ethyl adjacent to an activating group) is 1. The summed E-state index contributed by atoms with van der Waals surface area (Å²) < 4.78 is 0. The normalized spacial score (nSPS) is 14.5. The molecular weight excluding hydrogens is 262 g/mol. The molecule has 4 nitrogen and oxygen atoms in total. The Morgan fingerprint density at radius 1 is 1.33 bits per heavy atom. The number of hydrogen-bond acceptors (Lipinski definition) is 3. The van der Waals surface area contributed by atoms with Gasteiger partial charge in [-0.2, -0.15) is 0 Å². The second-order valence-corrected chi connectivity index (χ2v) is 5.85. The van der Waals surface area contributed by atoms with Crippen LogP contribution in [0.5, 0.6) is 0 Å². The summed E-state index contributed by atoms with van der Waals surface area (Å²) in [5, 5.41) is 3.34. The predicted molar refractivity (Wildman–Crippen MR) is 87.6 cm³/mol. The minimum Gasteiger partial charge on any atom is -0.365 e. The monoisotopic (exact) mass is 289 g/mol. The molecule has 116 valence electrons.